The first-order valence-corrected chi connectivity index (χ1v) is 4.09. The van der Waals surface area contributed by atoms with Gasteiger partial charge < -0.3 is 10.7 Å². The van der Waals surface area contributed by atoms with Crippen LogP contribution in [0, 0.1) is 5.21 Å². The molecule has 0 aliphatic rings. The molecule has 0 radical (unpaired) electrons. The van der Waals surface area contributed by atoms with Gasteiger partial charge in [-0.15, -0.1) is 0 Å². The number of fused-ring (bicyclic) bond motifs is 1. The summed E-state index contributed by atoms with van der Waals surface area (Å²) in [6, 6.07) is 10.7. The van der Waals surface area contributed by atoms with Gasteiger partial charge in [0.25, 0.3) is 5.91 Å². The largest absolute Gasteiger partial charge is 0.759 e. The number of benzene rings is 1. The molecular weight excluding hydrogens is 180 g/mol. The Hall–Kier alpha value is -1.94. The number of nitrogens with zero attached hydrogens (tertiary/aromatic N) is 1. The standard InChI is InChI=1S/C10H7N2O2/c13-10(12-14)9-6-5-7-3-1-2-4-8(7)11-9/h1-6H,(H-,11,12,13,14)/q-1. The number of hydroxylamine groups is 1. The average Bonchev–Trinajstić information content (AvgIpc) is 2.27. The highest BCUT2D eigenvalue weighted by atomic mass is 16.5. The molecule has 1 heterocycles. The van der Waals surface area contributed by atoms with Crippen molar-refractivity contribution in [3.8, 4) is 0 Å². The summed E-state index contributed by atoms with van der Waals surface area (Å²) in [5.41, 5.74) is 2.13. The van der Waals surface area contributed by atoms with E-state index in [1.807, 2.05) is 18.2 Å². The lowest BCUT2D eigenvalue weighted by molar-refractivity contribution is 0.0965. The predicted octanol–water partition coefficient (Wildman–Crippen LogP) is 1.46. The maximum Gasteiger partial charge on any atom is 0.259 e. The molecular formula is C10H7N2O2-. The number of amides is 1. The quantitative estimate of drug-likeness (QED) is 0.687. The number of para-hydroxylation sites is 1. The van der Waals surface area contributed by atoms with Crippen LogP contribution in [0.2, 0.25) is 0 Å². The Morgan fingerprint density at radius 2 is 2.00 bits per heavy atom. The van der Waals surface area contributed by atoms with Crippen LogP contribution in [0.4, 0.5) is 0 Å². The summed E-state index contributed by atoms with van der Waals surface area (Å²) in [5, 5.41) is 11.1. The highest BCUT2D eigenvalue weighted by Gasteiger charge is 2.02. The van der Waals surface area contributed by atoms with Crippen molar-refractivity contribution in [3.05, 3.63) is 47.3 Å². The number of pyridine rings is 1. The van der Waals surface area contributed by atoms with E-state index >= 15 is 0 Å². The molecule has 0 saturated carbocycles. The van der Waals surface area contributed by atoms with E-state index in [2.05, 4.69) is 4.98 Å². The zero-order valence-electron chi connectivity index (χ0n) is 7.23. The van der Waals surface area contributed by atoms with Gasteiger partial charge in [-0.25, -0.2) is 4.98 Å². The van der Waals surface area contributed by atoms with Crippen LogP contribution in [0.25, 0.3) is 10.9 Å². The topological polar surface area (TPSA) is 65.0 Å². The minimum absolute atomic E-state index is 0.138. The van der Waals surface area contributed by atoms with Crippen LogP contribution in [-0.4, -0.2) is 10.9 Å². The lowest BCUT2D eigenvalue weighted by Crippen LogP contribution is -2.17. The molecule has 0 saturated heterocycles. The summed E-state index contributed by atoms with van der Waals surface area (Å²) in [7, 11) is 0. The van der Waals surface area contributed by atoms with Crippen molar-refractivity contribution in [3.63, 3.8) is 0 Å². The van der Waals surface area contributed by atoms with E-state index in [1.165, 1.54) is 11.5 Å². The molecule has 0 aliphatic heterocycles. The van der Waals surface area contributed by atoms with Crippen LogP contribution < -0.4 is 5.48 Å². The van der Waals surface area contributed by atoms with Crippen molar-refractivity contribution >= 4 is 16.8 Å². The second-order valence-corrected chi connectivity index (χ2v) is 2.82. The Kier molecular flexibility index (Phi) is 2.12. The molecule has 1 amide bonds. The highest BCUT2D eigenvalue weighted by Crippen LogP contribution is 2.11. The molecule has 0 aliphatic carbocycles. The number of hydrogen-bond acceptors (Lipinski definition) is 3. The van der Waals surface area contributed by atoms with Gasteiger partial charge in [0, 0.05) is 5.39 Å². The molecule has 1 N–H and O–H groups in total. The SMILES string of the molecule is O=C(N[O-])c1ccc2ccccc2n1. The first kappa shape index (κ1) is 8.65. The third-order valence-corrected chi connectivity index (χ3v) is 1.92. The fourth-order valence-corrected chi connectivity index (χ4v) is 1.24. The number of hydrogen-bond donors (Lipinski definition) is 1. The van der Waals surface area contributed by atoms with E-state index in [4.69, 9.17) is 0 Å². The third kappa shape index (κ3) is 1.43. The molecule has 14 heavy (non-hydrogen) atoms. The summed E-state index contributed by atoms with van der Waals surface area (Å²) < 4.78 is 0. The van der Waals surface area contributed by atoms with Gasteiger partial charge in [-0.1, -0.05) is 24.3 Å². The molecule has 4 heteroatoms. The van der Waals surface area contributed by atoms with E-state index in [0.29, 0.717) is 5.52 Å². The van der Waals surface area contributed by atoms with Crippen LogP contribution >= 0.6 is 0 Å². The van der Waals surface area contributed by atoms with Crippen LogP contribution in [-0.2, 0) is 0 Å². The maximum atomic E-state index is 11.0. The summed E-state index contributed by atoms with van der Waals surface area (Å²) in [4.78, 5) is 15.0. The van der Waals surface area contributed by atoms with Crippen LogP contribution in [0.5, 0.6) is 0 Å². The van der Waals surface area contributed by atoms with Gasteiger partial charge in [0.1, 0.15) is 5.69 Å². The Balaban J connectivity index is 2.56. The second kappa shape index (κ2) is 3.43. The summed E-state index contributed by atoms with van der Waals surface area (Å²) in [5.74, 6) is -0.712. The van der Waals surface area contributed by atoms with Crippen molar-refractivity contribution in [1.29, 1.82) is 0 Å². The first-order valence-electron chi connectivity index (χ1n) is 4.09. The normalized spacial score (nSPS) is 10.1. The van der Waals surface area contributed by atoms with E-state index in [-0.39, 0.29) is 5.69 Å². The molecule has 2 rings (SSSR count). The van der Waals surface area contributed by atoms with Gasteiger partial charge in [0.15, 0.2) is 0 Å². The van der Waals surface area contributed by atoms with Crippen molar-refractivity contribution < 1.29 is 4.79 Å². The third-order valence-electron chi connectivity index (χ3n) is 1.92. The molecule has 1 aromatic carbocycles. The van der Waals surface area contributed by atoms with Crippen LogP contribution in [0.15, 0.2) is 36.4 Å². The molecule has 0 unspecified atom stereocenters. The number of rotatable bonds is 1. The molecule has 0 atom stereocenters. The lowest BCUT2D eigenvalue weighted by atomic mass is 10.2. The van der Waals surface area contributed by atoms with Gasteiger partial charge in [-0.05, 0) is 12.1 Å². The molecule has 2 aromatic rings. The number of aromatic nitrogens is 1. The van der Waals surface area contributed by atoms with Crippen molar-refractivity contribution in [1.82, 2.24) is 10.5 Å². The first-order chi connectivity index (χ1) is 6.81. The van der Waals surface area contributed by atoms with Crippen LogP contribution in [0.3, 0.4) is 0 Å². The maximum absolute atomic E-state index is 11.0. The second-order valence-electron chi connectivity index (χ2n) is 2.82. The minimum Gasteiger partial charge on any atom is -0.759 e. The molecule has 0 fully saturated rings. The number of carbonyl (C=O) groups excluding carboxylic acids is 1. The van der Waals surface area contributed by atoms with Gasteiger partial charge >= 0.3 is 0 Å². The fraction of sp³-hybridized carbons (Fsp3) is 0. The summed E-state index contributed by atoms with van der Waals surface area (Å²) in [6.07, 6.45) is 0. The fourth-order valence-electron chi connectivity index (χ4n) is 1.24. The van der Waals surface area contributed by atoms with Crippen molar-refractivity contribution in [2.24, 2.45) is 0 Å². The average molecular weight is 187 g/mol. The number of carbonyl (C=O) groups is 1. The van der Waals surface area contributed by atoms with Crippen molar-refractivity contribution in [2.45, 2.75) is 0 Å². The highest BCUT2D eigenvalue weighted by molar-refractivity contribution is 5.94. The molecule has 0 spiro atoms. The van der Waals surface area contributed by atoms with E-state index in [0.717, 1.165) is 5.39 Å². The van der Waals surface area contributed by atoms with Gasteiger partial charge in [0.05, 0.1) is 5.52 Å². The Bertz CT molecular complexity index is 482. The monoisotopic (exact) mass is 187 g/mol. The zero-order valence-corrected chi connectivity index (χ0v) is 7.23. The smallest absolute Gasteiger partial charge is 0.259 e. The zero-order chi connectivity index (χ0) is 9.97. The Morgan fingerprint density at radius 1 is 1.21 bits per heavy atom. The Labute approximate surface area is 80.2 Å². The van der Waals surface area contributed by atoms with E-state index in [1.54, 1.807) is 12.1 Å². The van der Waals surface area contributed by atoms with Gasteiger partial charge in [0.2, 0.25) is 0 Å². The van der Waals surface area contributed by atoms with E-state index < -0.39 is 5.91 Å². The van der Waals surface area contributed by atoms with Crippen LogP contribution in [0.1, 0.15) is 10.5 Å². The van der Waals surface area contributed by atoms with Crippen molar-refractivity contribution in [2.75, 3.05) is 0 Å². The molecule has 70 valence electrons. The molecule has 1 aromatic heterocycles. The molecule has 0 bridgehead atoms. The predicted molar refractivity (Wildman–Crippen MR) is 52.6 cm³/mol. The van der Waals surface area contributed by atoms with E-state index in [9.17, 15) is 10.0 Å². The Morgan fingerprint density at radius 3 is 2.79 bits per heavy atom. The lowest BCUT2D eigenvalue weighted by Gasteiger charge is -2.06. The minimum atomic E-state index is -0.712. The number of nitrogens with one attached hydrogen (secondary N) is 1. The van der Waals surface area contributed by atoms with Gasteiger partial charge in [-0.3, -0.25) is 4.79 Å². The van der Waals surface area contributed by atoms with Gasteiger partial charge in [-0.2, -0.15) is 0 Å². The summed E-state index contributed by atoms with van der Waals surface area (Å²) >= 11 is 0. The summed E-state index contributed by atoms with van der Waals surface area (Å²) in [6.45, 7) is 0. The molecule has 4 nitrogen and oxygen atoms in total.